The van der Waals surface area contributed by atoms with Crippen LogP contribution in [0.3, 0.4) is 0 Å². The summed E-state index contributed by atoms with van der Waals surface area (Å²) in [5.41, 5.74) is 6.03. The van der Waals surface area contributed by atoms with E-state index in [1.54, 1.807) is 0 Å². The van der Waals surface area contributed by atoms with Gasteiger partial charge in [-0.15, -0.1) is 0 Å². The number of aliphatic imine (C=N–C) groups is 1. The highest BCUT2D eigenvalue weighted by Crippen LogP contribution is 2.38. The van der Waals surface area contributed by atoms with Gasteiger partial charge in [-0.25, -0.2) is 0 Å². The van der Waals surface area contributed by atoms with Crippen molar-refractivity contribution in [3.05, 3.63) is 59.7 Å². The summed E-state index contributed by atoms with van der Waals surface area (Å²) in [6, 6.07) is 19.1. The fourth-order valence-corrected chi connectivity index (χ4v) is 3.63. The van der Waals surface area contributed by atoms with Crippen LogP contribution in [-0.4, -0.2) is 25.0 Å². The average Bonchev–Trinajstić information content (AvgIpc) is 2.88. The molecule has 0 saturated heterocycles. The van der Waals surface area contributed by atoms with Gasteiger partial charge >= 0.3 is 0 Å². The highest BCUT2D eigenvalue weighted by molar-refractivity contribution is 6.24. The van der Waals surface area contributed by atoms with Gasteiger partial charge in [-0.2, -0.15) is 5.26 Å². The lowest BCUT2D eigenvalue weighted by Gasteiger charge is -2.31. The van der Waals surface area contributed by atoms with Crippen LogP contribution in [0, 0.1) is 17.2 Å². The van der Waals surface area contributed by atoms with E-state index in [4.69, 9.17) is 15.0 Å². The highest BCUT2D eigenvalue weighted by atomic mass is 16.5. The van der Waals surface area contributed by atoms with E-state index in [1.807, 2.05) is 0 Å². The Morgan fingerprint density at radius 3 is 2.08 bits per heavy atom. The van der Waals surface area contributed by atoms with Gasteiger partial charge in [0.05, 0.1) is 24.4 Å². The van der Waals surface area contributed by atoms with Gasteiger partial charge in [0.1, 0.15) is 6.61 Å². The zero-order valence-electron chi connectivity index (χ0n) is 13.6. The molecule has 0 heterocycles. The molecule has 0 N–H and O–H groups in total. The maximum atomic E-state index is 8.72. The monoisotopic (exact) mass is 316 g/mol. The molecule has 0 amide bonds. The number of benzene rings is 2. The van der Waals surface area contributed by atoms with Gasteiger partial charge < -0.3 is 4.74 Å². The van der Waals surface area contributed by atoms with Crippen molar-refractivity contribution in [2.24, 2.45) is 10.9 Å². The van der Waals surface area contributed by atoms with Gasteiger partial charge in [0.25, 0.3) is 0 Å². The number of rotatable bonds is 5. The van der Waals surface area contributed by atoms with E-state index >= 15 is 0 Å². The Kier molecular flexibility index (Phi) is 4.15. The van der Waals surface area contributed by atoms with Gasteiger partial charge in [-0.3, -0.25) is 4.99 Å². The lowest BCUT2D eigenvalue weighted by molar-refractivity contribution is 0.111. The topological polar surface area (TPSA) is 45.4 Å². The van der Waals surface area contributed by atoms with Gasteiger partial charge in [0.2, 0.25) is 0 Å². The third kappa shape index (κ3) is 2.64. The van der Waals surface area contributed by atoms with Gasteiger partial charge in [0.15, 0.2) is 0 Å². The smallest absolute Gasteiger partial charge is 0.133 e. The second-order valence-corrected chi connectivity index (χ2v) is 6.50. The lowest BCUT2D eigenvalue weighted by Crippen LogP contribution is -2.30. The van der Waals surface area contributed by atoms with Crippen molar-refractivity contribution < 1.29 is 4.74 Å². The highest BCUT2D eigenvalue weighted by Gasteiger charge is 2.30. The van der Waals surface area contributed by atoms with Crippen LogP contribution in [-0.2, 0) is 4.74 Å². The van der Waals surface area contributed by atoms with E-state index in [0.29, 0.717) is 12.5 Å². The normalized spacial score (nSPS) is 16.7. The van der Waals surface area contributed by atoms with E-state index in [1.165, 1.54) is 41.5 Å². The Labute approximate surface area is 142 Å². The Hall–Kier alpha value is -2.44. The molecule has 0 aliphatic heterocycles. The molecule has 1 fully saturated rings. The molecule has 24 heavy (non-hydrogen) atoms. The average molecular weight is 316 g/mol. The summed E-state index contributed by atoms with van der Waals surface area (Å²) >= 11 is 0. The summed E-state index contributed by atoms with van der Waals surface area (Å²) in [7, 11) is 0. The van der Waals surface area contributed by atoms with Crippen LogP contribution in [0.1, 0.15) is 30.4 Å². The standard InChI is InChI=1S/C21H20N2O/c22-12-13-24-14-20(15-6-5-7-15)23-21-18-10-3-1-8-16(18)17-9-2-4-11-19(17)21/h1-4,8-11,15,20H,5-7,13-14H2. The van der Waals surface area contributed by atoms with Crippen molar-refractivity contribution in [3.8, 4) is 17.2 Å². The molecule has 2 aliphatic carbocycles. The molecule has 4 rings (SSSR count). The van der Waals surface area contributed by atoms with Gasteiger partial charge in [0, 0.05) is 11.1 Å². The molecule has 1 atom stereocenters. The van der Waals surface area contributed by atoms with E-state index in [-0.39, 0.29) is 12.6 Å². The number of ether oxygens (including phenoxy) is 1. The van der Waals surface area contributed by atoms with Crippen LogP contribution in [0.2, 0.25) is 0 Å². The number of hydrogen-bond donors (Lipinski definition) is 0. The molecular weight excluding hydrogens is 296 g/mol. The first kappa shape index (κ1) is 15.1. The molecule has 120 valence electrons. The molecular formula is C21H20N2O. The molecule has 2 aromatic rings. The quantitative estimate of drug-likeness (QED) is 0.662. The molecule has 0 spiro atoms. The van der Waals surface area contributed by atoms with Crippen LogP contribution in [0.15, 0.2) is 53.5 Å². The summed E-state index contributed by atoms with van der Waals surface area (Å²) in [6.07, 6.45) is 3.69. The third-order valence-corrected chi connectivity index (χ3v) is 5.10. The SMILES string of the molecule is N#CCOCC(N=C1c2ccccc2-c2ccccc21)C1CCC1. The fraction of sp³-hybridized carbons (Fsp3) is 0.333. The van der Waals surface area contributed by atoms with Crippen LogP contribution in [0.4, 0.5) is 0 Å². The molecule has 0 bridgehead atoms. The molecule has 3 heteroatoms. The molecule has 0 aromatic heterocycles. The van der Waals surface area contributed by atoms with Crippen LogP contribution in [0.5, 0.6) is 0 Å². The van der Waals surface area contributed by atoms with Crippen molar-refractivity contribution >= 4 is 5.71 Å². The van der Waals surface area contributed by atoms with Crippen molar-refractivity contribution in [2.45, 2.75) is 25.3 Å². The molecule has 3 nitrogen and oxygen atoms in total. The summed E-state index contributed by atoms with van der Waals surface area (Å²) in [5, 5.41) is 8.72. The predicted octanol–water partition coefficient (Wildman–Crippen LogP) is 4.21. The third-order valence-electron chi connectivity index (χ3n) is 5.10. The molecule has 2 aliphatic rings. The number of fused-ring (bicyclic) bond motifs is 3. The van der Waals surface area contributed by atoms with E-state index in [2.05, 4.69) is 54.6 Å². The second-order valence-electron chi connectivity index (χ2n) is 6.50. The summed E-state index contributed by atoms with van der Waals surface area (Å²) < 4.78 is 5.52. The van der Waals surface area contributed by atoms with E-state index in [0.717, 1.165) is 5.71 Å². The van der Waals surface area contributed by atoms with Gasteiger partial charge in [-0.05, 0) is 29.9 Å². The first-order chi connectivity index (χ1) is 11.9. The predicted molar refractivity (Wildman–Crippen MR) is 95.1 cm³/mol. The zero-order valence-corrected chi connectivity index (χ0v) is 13.6. The van der Waals surface area contributed by atoms with Crippen molar-refractivity contribution in [1.29, 1.82) is 5.26 Å². The van der Waals surface area contributed by atoms with Crippen LogP contribution >= 0.6 is 0 Å². The minimum absolute atomic E-state index is 0.140. The summed E-state index contributed by atoms with van der Waals surface area (Å²) in [4.78, 5) is 5.13. The number of hydrogen-bond acceptors (Lipinski definition) is 3. The minimum Gasteiger partial charge on any atom is -0.364 e. The van der Waals surface area contributed by atoms with E-state index < -0.39 is 0 Å². The minimum atomic E-state index is 0.140. The molecule has 1 saturated carbocycles. The second kappa shape index (κ2) is 6.59. The van der Waals surface area contributed by atoms with Crippen LogP contribution < -0.4 is 0 Å². The maximum Gasteiger partial charge on any atom is 0.133 e. The molecule has 1 unspecified atom stereocenters. The lowest BCUT2D eigenvalue weighted by atomic mass is 9.80. The Bertz CT molecular complexity index is 767. The van der Waals surface area contributed by atoms with Crippen LogP contribution in [0.25, 0.3) is 11.1 Å². The molecule has 0 radical (unpaired) electrons. The summed E-state index contributed by atoms with van der Waals surface area (Å²) in [5.74, 6) is 0.580. The summed E-state index contributed by atoms with van der Waals surface area (Å²) in [6.45, 7) is 0.674. The first-order valence-corrected chi connectivity index (χ1v) is 8.60. The zero-order chi connectivity index (χ0) is 16.4. The van der Waals surface area contributed by atoms with Gasteiger partial charge in [-0.1, -0.05) is 55.0 Å². The largest absolute Gasteiger partial charge is 0.364 e. The maximum absolute atomic E-state index is 8.72. The number of nitrogens with zero attached hydrogens (tertiary/aromatic N) is 2. The first-order valence-electron chi connectivity index (χ1n) is 8.60. The van der Waals surface area contributed by atoms with Crippen molar-refractivity contribution in [2.75, 3.05) is 13.2 Å². The Morgan fingerprint density at radius 2 is 1.58 bits per heavy atom. The Morgan fingerprint density at radius 1 is 1.00 bits per heavy atom. The van der Waals surface area contributed by atoms with Crippen molar-refractivity contribution in [3.63, 3.8) is 0 Å². The van der Waals surface area contributed by atoms with Crippen molar-refractivity contribution in [1.82, 2.24) is 0 Å². The molecule has 2 aromatic carbocycles. The number of nitriles is 1. The Balaban J connectivity index is 1.73. The fourth-order valence-electron chi connectivity index (χ4n) is 3.63. The van der Waals surface area contributed by atoms with E-state index in [9.17, 15) is 0 Å².